The summed E-state index contributed by atoms with van der Waals surface area (Å²) in [6.07, 6.45) is 4.50. The molecule has 0 spiro atoms. The molecule has 0 aromatic carbocycles. The first-order valence-corrected chi connectivity index (χ1v) is 6.70. The molecule has 2 heterocycles. The lowest BCUT2D eigenvalue weighted by Gasteiger charge is -2.22. The predicted molar refractivity (Wildman–Crippen MR) is 73.7 cm³/mol. The third-order valence-electron chi connectivity index (χ3n) is 2.53. The highest BCUT2D eigenvalue weighted by atomic mass is 35.5. The van der Waals surface area contributed by atoms with Crippen LogP contribution in [0.15, 0.2) is 18.3 Å². The number of pyridine rings is 1. The van der Waals surface area contributed by atoms with Crippen molar-refractivity contribution in [2.24, 2.45) is 0 Å². The molecule has 1 atom stereocenters. The van der Waals surface area contributed by atoms with Gasteiger partial charge in [0.15, 0.2) is 0 Å². The molecule has 2 nitrogen and oxygen atoms in total. The minimum Gasteiger partial charge on any atom is -0.316 e. The van der Waals surface area contributed by atoms with Crippen molar-refractivity contribution in [1.82, 2.24) is 10.3 Å². The average Bonchev–Trinajstić information content (AvgIpc) is 2.30. The number of hydrogen-bond donors (Lipinski definition) is 1. The maximum absolute atomic E-state index is 5.73. The molecule has 1 aromatic heterocycles. The molecule has 0 aliphatic carbocycles. The van der Waals surface area contributed by atoms with Crippen LogP contribution in [0.4, 0.5) is 0 Å². The molecule has 0 amide bonds. The van der Waals surface area contributed by atoms with Gasteiger partial charge in [0.05, 0.1) is 0 Å². The molecule has 1 aromatic rings. The van der Waals surface area contributed by atoms with Gasteiger partial charge in [-0.2, -0.15) is 11.8 Å². The molecule has 16 heavy (non-hydrogen) atoms. The van der Waals surface area contributed by atoms with Gasteiger partial charge in [-0.25, -0.2) is 4.98 Å². The highest BCUT2D eigenvalue weighted by Crippen LogP contribution is 2.22. The van der Waals surface area contributed by atoms with Crippen LogP contribution in [-0.4, -0.2) is 23.3 Å². The van der Waals surface area contributed by atoms with E-state index in [1.807, 2.05) is 24.0 Å². The lowest BCUT2D eigenvalue weighted by atomic mass is 10.2. The Morgan fingerprint density at radius 1 is 1.50 bits per heavy atom. The molecule has 0 bridgehead atoms. The van der Waals surface area contributed by atoms with E-state index in [2.05, 4.69) is 16.4 Å². The van der Waals surface area contributed by atoms with Crippen molar-refractivity contribution < 1.29 is 0 Å². The van der Waals surface area contributed by atoms with Gasteiger partial charge in [0.2, 0.25) is 0 Å². The lowest BCUT2D eigenvalue weighted by Crippen LogP contribution is -2.31. The second-order valence-electron chi connectivity index (χ2n) is 3.77. The molecule has 1 aliphatic rings. The van der Waals surface area contributed by atoms with Gasteiger partial charge in [-0.15, -0.1) is 12.4 Å². The van der Waals surface area contributed by atoms with Crippen molar-refractivity contribution in [1.29, 1.82) is 0 Å². The zero-order valence-electron chi connectivity index (χ0n) is 8.99. The second-order valence-corrected chi connectivity index (χ2v) is 5.44. The summed E-state index contributed by atoms with van der Waals surface area (Å²) in [4.78, 5) is 4.08. The van der Waals surface area contributed by atoms with Crippen LogP contribution in [0, 0.1) is 0 Å². The summed E-state index contributed by atoms with van der Waals surface area (Å²) in [7, 11) is 0. The summed E-state index contributed by atoms with van der Waals surface area (Å²) in [6, 6.07) is 3.91. The van der Waals surface area contributed by atoms with Crippen molar-refractivity contribution in [3.8, 4) is 0 Å². The van der Waals surface area contributed by atoms with Crippen molar-refractivity contribution in [2.75, 3.05) is 13.1 Å². The van der Waals surface area contributed by atoms with Gasteiger partial charge in [-0.3, -0.25) is 0 Å². The smallest absolute Gasteiger partial charge is 0.129 e. The molecule has 1 fully saturated rings. The van der Waals surface area contributed by atoms with Crippen LogP contribution in [-0.2, 0) is 5.75 Å². The Morgan fingerprint density at radius 3 is 3.00 bits per heavy atom. The van der Waals surface area contributed by atoms with Crippen molar-refractivity contribution in [3.05, 3.63) is 29.0 Å². The maximum Gasteiger partial charge on any atom is 0.129 e. The highest BCUT2D eigenvalue weighted by Gasteiger charge is 2.12. The number of aromatic nitrogens is 1. The molecule has 0 saturated carbocycles. The van der Waals surface area contributed by atoms with Gasteiger partial charge in [0.25, 0.3) is 0 Å². The molecule has 2 rings (SSSR count). The molecule has 1 saturated heterocycles. The van der Waals surface area contributed by atoms with E-state index in [9.17, 15) is 0 Å². The van der Waals surface area contributed by atoms with E-state index in [1.165, 1.54) is 24.9 Å². The fourth-order valence-corrected chi connectivity index (χ4v) is 2.95. The summed E-state index contributed by atoms with van der Waals surface area (Å²) in [5.41, 5.74) is 1.26. The monoisotopic (exact) mass is 278 g/mol. The average molecular weight is 279 g/mol. The number of nitrogens with zero attached hydrogens (tertiary/aromatic N) is 1. The summed E-state index contributed by atoms with van der Waals surface area (Å²) in [6.45, 7) is 2.32. The third-order valence-corrected chi connectivity index (χ3v) is 4.12. The summed E-state index contributed by atoms with van der Waals surface area (Å²) in [5, 5.41) is 4.75. The minimum absolute atomic E-state index is 0. The molecule has 90 valence electrons. The molecule has 0 radical (unpaired) electrons. The molecule has 1 unspecified atom stereocenters. The van der Waals surface area contributed by atoms with Gasteiger partial charge < -0.3 is 5.32 Å². The van der Waals surface area contributed by atoms with Crippen LogP contribution in [0.1, 0.15) is 18.4 Å². The van der Waals surface area contributed by atoms with E-state index >= 15 is 0 Å². The van der Waals surface area contributed by atoms with Crippen molar-refractivity contribution in [3.63, 3.8) is 0 Å². The number of hydrogen-bond acceptors (Lipinski definition) is 3. The van der Waals surface area contributed by atoms with E-state index in [0.29, 0.717) is 5.15 Å². The fourth-order valence-electron chi connectivity index (χ4n) is 1.67. The van der Waals surface area contributed by atoms with Crippen LogP contribution in [0.2, 0.25) is 5.15 Å². The number of thioether (sulfide) groups is 1. The molecule has 5 heteroatoms. The molecule has 1 N–H and O–H groups in total. The number of nitrogens with one attached hydrogen (secondary N) is 1. The molecular formula is C11H16Cl2N2S. The Morgan fingerprint density at radius 2 is 2.38 bits per heavy atom. The Balaban J connectivity index is 0.00000128. The van der Waals surface area contributed by atoms with E-state index < -0.39 is 0 Å². The Bertz CT molecular complexity index is 299. The van der Waals surface area contributed by atoms with Crippen LogP contribution < -0.4 is 5.32 Å². The quantitative estimate of drug-likeness (QED) is 0.860. The Hall–Kier alpha value is 0.0400. The minimum atomic E-state index is 0. The number of piperidine rings is 1. The Kier molecular flexibility index (Phi) is 6.51. The predicted octanol–water partition coefficient (Wildman–Crippen LogP) is 3.14. The summed E-state index contributed by atoms with van der Waals surface area (Å²) in [5.74, 6) is 1.04. The first-order valence-electron chi connectivity index (χ1n) is 5.27. The van der Waals surface area contributed by atoms with Gasteiger partial charge in [0.1, 0.15) is 5.15 Å². The largest absolute Gasteiger partial charge is 0.316 e. The zero-order valence-corrected chi connectivity index (χ0v) is 11.4. The van der Waals surface area contributed by atoms with Gasteiger partial charge in [-0.1, -0.05) is 17.7 Å². The third kappa shape index (κ3) is 4.50. The normalized spacial score (nSPS) is 20.2. The van der Waals surface area contributed by atoms with E-state index in [-0.39, 0.29) is 12.4 Å². The summed E-state index contributed by atoms with van der Waals surface area (Å²) < 4.78 is 0. The summed E-state index contributed by atoms with van der Waals surface area (Å²) >= 11 is 7.74. The van der Waals surface area contributed by atoms with Crippen molar-refractivity contribution in [2.45, 2.75) is 23.8 Å². The first-order chi connectivity index (χ1) is 7.34. The SMILES string of the molecule is Cl.Clc1ccc(CSC2CCCNC2)cn1. The fraction of sp³-hybridized carbons (Fsp3) is 0.545. The topological polar surface area (TPSA) is 24.9 Å². The standard InChI is InChI=1S/C11H15ClN2S.ClH/c12-11-4-3-9(6-14-11)8-15-10-2-1-5-13-7-10;/h3-4,6,10,13H,1-2,5,7-8H2;1H. The Labute approximate surface area is 112 Å². The number of halogens is 2. The van der Waals surface area contributed by atoms with E-state index in [0.717, 1.165) is 17.5 Å². The van der Waals surface area contributed by atoms with E-state index in [4.69, 9.17) is 11.6 Å². The maximum atomic E-state index is 5.73. The number of rotatable bonds is 3. The second kappa shape index (κ2) is 7.38. The van der Waals surface area contributed by atoms with Crippen LogP contribution in [0.5, 0.6) is 0 Å². The van der Waals surface area contributed by atoms with Gasteiger partial charge >= 0.3 is 0 Å². The first kappa shape index (κ1) is 14.1. The van der Waals surface area contributed by atoms with Crippen molar-refractivity contribution >= 4 is 35.8 Å². The van der Waals surface area contributed by atoms with E-state index in [1.54, 1.807) is 0 Å². The van der Waals surface area contributed by atoms with Crippen LogP contribution >= 0.6 is 35.8 Å². The van der Waals surface area contributed by atoms with Crippen LogP contribution in [0.3, 0.4) is 0 Å². The van der Waals surface area contributed by atoms with Gasteiger partial charge in [-0.05, 0) is 31.0 Å². The highest BCUT2D eigenvalue weighted by molar-refractivity contribution is 7.99. The lowest BCUT2D eigenvalue weighted by molar-refractivity contribution is 0.531. The van der Waals surface area contributed by atoms with Gasteiger partial charge in [0, 0.05) is 23.7 Å². The zero-order chi connectivity index (χ0) is 10.5. The van der Waals surface area contributed by atoms with Crippen LogP contribution in [0.25, 0.3) is 0 Å². The molecular weight excluding hydrogens is 263 g/mol. The molecule has 1 aliphatic heterocycles.